The summed E-state index contributed by atoms with van der Waals surface area (Å²) in [4.78, 5) is 30.8. The molecule has 0 aromatic carbocycles. The third-order valence-electron chi connectivity index (χ3n) is 5.64. The number of likely N-dealkylation sites (tertiary alicyclic amines) is 1. The Kier molecular flexibility index (Phi) is 5.03. The van der Waals surface area contributed by atoms with Gasteiger partial charge in [0, 0.05) is 42.6 Å². The van der Waals surface area contributed by atoms with Crippen LogP contribution in [0.15, 0.2) is 42.3 Å². The van der Waals surface area contributed by atoms with E-state index in [0.717, 1.165) is 41.1 Å². The number of esters is 1. The predicted octanol–water partition coefficient (Wildman–Crippen LogP) is 2.93. The largest absolute Gasteiger partial charge is 0.463 e. The van der Waals surface area contributed by atoms with Gasteiger partial charge in [-0.05, 0) is 55.4 Å². The molecular formula is C22H25N3O3. The van der Waals surface area contributed by atoms with Crippen molar-refractivity contribution in [2.75, 3.05) is 25.0 Å². The van der Waals surface area contributed by atoms with Crippen molar-refractivity contribution in [1.29, 1.82) is 0 Å². The second kappa shape index (κ2) is 7.62. The van der Waals surface area contributed by atoms with Crippen molar-refractivity contribution in [2.45, 2.75) is 26.2 Å². The monoisotopic (exact) mass is 379 g/mol. The highest BCUT2D eigenvalue weighted by Gasteiger charge is 2.39. The number of hydrogen-bond acceptors (Lipinski definition) is 5. The molecule has 1 fully saturated rings. The summed E-state index contributed by atoms with van der Waals surface area (Å²) in [5.74, 6) is 1.22. The van der Waals surface area contributed by atoms with E-state index in [4.69, 9.17) is 4.74 Å². The Morgan fingerprint density at radius 1 is 1.39 bits per heavy atom. The number of pyridine rings is 1. The number of anilines is 1. The summed E-state index contributed by atoms with van der Waals surface area (Å²) in [6.07, 6.45) is 9.72. The Morgan fingerprint density at radius 3 is 3.04 bits per heavy atom. The van der Waals surface area contributed by atoms with Gasteiger partial charge in [0.15, 0.2) is 0 Å². The molecule has 146 valence electrons. The second-order valence-electron chi connectivity index (χ2n) is 7.62. The average Bonchev–Trinajstić information content (AvgIpc) is 3.25. The first-order valence-electron chi connectivity index (χ1n) is 9.82. The van der Waals surface area contributed by atoms with Crippen LogP contribution in [0.1, 0.15) is 30.9 Å². The Morgan fingerprint density at radius 2 is 2.25 bits per heavy atom. The fourth-order valence-corrected chi connectivity index (χ4v) is 4.18. The van der Waals surface area contributed by atoms with E-state index in [1.165, 1.54) is 0 Å². The van der Waals surface area contributed by atoms with Gasteiger partial charge in [-0.15, -0.1) is 0 Å². The maximum atomic E-state index is 12.6. The molecule has 2 atom stereocenters. The molecule has 1 aromatic heterocycles. The Labute approximate surface area is 165 Å². The number of carbonyl (C=O) groups is 2. The van der Waals surface area contributed by atoms with E-state index in [1.807, 2.05) is 24.0 Å². The van der Waals surface area contributed by atoms with Gasteiger partial charge in [0.05, 0.1) is 6.61 Å². The lowest BCUT2D eigenvalue weighted by atomic mass is 10.00. The van der Waals surface area contributed by atoms with Gasteiger partial charge in [0.2, 0.25) is 5.91 Å². The van der Waals surface area contributed by atoms with Crippen LogP contribution in [0.4, 0.5) is 5.82 Å². The van der Waals surface area contributed by atoms with Gasteiger partial charge in [-0.25, -0.2) is 9.78 Å². The van der Waals surface area contributed by atoms with Gasteiger partial charge < -0.3 is 15.0 Å². The topological polar surface area (TPSA) is 71.5 Å². The fourth-order valence-electron chi connectivity index (χ4n) is 4.18. The summed E-state index contributed by atoms with van der Waals surface area (Å²) >= 11 is 0. The normalized spacial score (nSPS) is 23.2. The molecule has 1 saturated heterocycles. The first kappa shape index (κ1) is 18.5. The van der Waals surface area contributed by atoms with Crippen LogP contribution in [0.5, 0.6) is 0 Å². The number of fused-ring (bicyclic) bond motifs is 2. The molecule has 4 rings (SSSR count). The molecular weight excluding hydrogens is 354 g/mol. The number of amides is 1. The molecule has 2 aliphatic heterocycles. The smallest absolute Gasteiger partial charge is 0.333 e. The molecule has 6 nitrogen and oxygen atoms in total. The van der Waals surface area contributed by atoms with Crippen molar-refractivity contribution in [3.05, 3.63) is 53.4 Å². The molecule has 0 radical (unpaired) electrons. The van der Waals surface area contributed by atoms with Crippen LogP contribution in [-0.4, -0.2) is 41.5 Å². The predicted molar refractivity (Wildman–Crippen MR) is 107 cm³/mol. The maximum absolute atomic E-state index is 12.6. The lowest BCUT2D eigenvalue weighted by Gasteiger charge is -2.19. The van der Waals surface area contributed by atoms with Crippen LogP contribution in [0.3, 0.4) is 0 Å². The number of nitrogens with one attached hydrogen (secondary N) is 1. The quantitative estimate of drug-likeness (QED) is 0.643. The molecule has 1 N–H and O–H groups in total. The number of ether oxygens (including phenoxy) is 1. The van der Waals surface area contributed by atoms with Crippen molar-refractivity contribution in [3.63, 3.8) is 0 Å². The van der Waals surface area contributed by atoms with Crippen LogP contribution >= 0.6 is 0 Å². The molecule has 2 unspecified atom stereocenters. The number of allylic oxidation sites excluding steroid dienone is 1. The zero-order valence-electron chi connectivity index (χ0n) is 16.1. The summed E-state index contributed by atoms with van der Waals surface area (Å²) in [5.41, 5.74) is 3.81. The van der Waals surface area contributed by atoms with Gasteiger partial charge in [-0.1, -0.05) is 12.7 Å². The van der Waals surface area contributed by atoms with E-state index >= 15 is 0 Å². The Hall–Kier alpha value is -2.89. The molecule has 28 heavy (non-hydrogen) atoms. The zero-order chi connectivity index (χ0) is 19.7. The molecule has 1 aliphatic carbocycles. The van der Waals surface area contributed by atoms with E-state index in [2.05, 4.69) is 22.9 Å². The summed E-state index contributed by atoms with van der Waals surface area (Å²) in [6, 6.07) is 2.07. The van der Waals surface area contributed by atoms with E-state index in [9.17, 15) is 9.59 Å². The van der Waals surface area contributed by atoms with Crippen molar-refractivity contribution in [1.82, 2.24) is 9.88 Å². The van der Waals surface area contributed by atoms with Crippen LogP contribution < -0.4 is 5.32 Å². The summed E-state index contributed by atoms with van der Waals surface area (Å²) in [5, 5.41) is 3.20. The third-order valence-corrected chi connectivity index (χ3v) is 5.64. The second-order valence-corrected chi connectivity index (χ2v) is 7.62. The van der Waals surface area contributed by atoms with Crippen LogP contribution in [-0.2, 0) is 20.7 Å². The van der Waals surface area contributed by atoms with Gasteiger partial charge in [-0.3, -0.25) is 4.79 Å². The standard InChI is InChI=1S/C22H25N3O3/c1-3-28-22(27)17-9-18-12-25(13-19(18)10-17)20(26)7-5-15-8-16-6-4-14(2)24-21(16)23-11-15/h5,7-9,11,18-19H,2-4,6,10,12-13H2,1H3,(H,23,24)/b7-5+. The minimum absolute atomic E-state index is 0.00436. The van der Waals surface area contributed by atoms with Crippen LogP contribution in [0.25, 0.3) is 6.08 Å². The van der Waals surface area contributed by atoms with E-state index in [1.54, 1.807) is 12.3 Å². The molecule has 3 aliphatic rings. The van der Waals surface area contributed by atoms with Crippen molar-refractivity contribution in [3.8, 4) is 0 Å². The average molecular weight is 379 g/mol. The van der Waals surface area contributed by atoms with Gasteiger partial charge >= 0.3 is 5.97 Å². The molecule has 3 heterocycles. The van der Waals surface area contributed by atoms with Crippen LogP contribution in [0, 0.1) is 11.8 Å². The SMILES string of the molecule is C=C1CCc2cc(/C=C/C(=O)N3CC4C=C(C(=O)OCC)CC4C3)cnc2N1. The summed E-state index contributed by atoms with van der Waals surface area (Å²) in [6.45, 7) is 7.49. The summed E-state index contributed by atoms with van der Waals surface area (Å²) in [7, 11) is 0. The zero-order valence-corrected chi connectivity index (χ0v) is 16.1. The first-order valence-corrected chi connectivity index (χ1v) is 9.82. The molecule has 0 saturated carbocycles. The minimum Gasteiger partial charge on any atom is -0.463 e. The highest BCUT2D eigenvalue weighted by Crippen LogP contribution is 2.37. The minimum atomic E-state index is -0.215. The van der Waals surface area contributed by atoms with Crippen molar-refractivity contribution >= 4 is 23.8 Å². The molecule has 1 amide bonds. The van der Waals surface area contributed by atoms with Crippen LogP contribution in [0.2, 0.25) is 0 Å². The fraction of sp³-hybridized carbons (Fsp3) is 0.409. The molecule has 1 aromatic rings. The van der Waals surface area contributed by atoms with E-state index in [0.29, 0.717) is 32.0 Å². The highest BCUT2D eigenvalue weighted by molar-refractivity contribution is 5.92. The van der Waals surface area contributed by atoms with Crippen molar-refractivity contribution < 1.29 is 14.3 Å². The highest BCUT2D eigenvalue weighted by atomic mass is 16.5. The van der Waals surface area contributed by atoms with E-state index < -0.39 is 0 Å². The Bertz CT molecular complexity index is 887. The molecule has 0 bridgehead atoms. The number of rotatable bonds is 4. The van der Waals surface area contributed by atoms with Gasteiger partial charge in [-0.2, -0.15) is 0 Å². The lowest BCUT2D eigenvalue weighted by Crippen LogP contribution is -2.27. The van der Waals surface area contributed by atoms with E-state index in [-0.39, 0.29) is 17.8 Å². The number of aryl methyl sites for hydroxylation is 1. The number of hydrogen-bond donors (Lipinski definition) is 1. The summed E-state index contributed by atoms with van der Waals surface area (Å²) < 4.78 is 5.08. The van der Waals surface area contributed by atoms with Gasteiger partial charge in [0.1, 0.15) is 5.82 Å². The van der Waals surface area contributed by atoms with Gasteiger partial charge in [0.25, 0.3) is 0 Å². The van der Waals surface area contributed by atoms with Crippen molar-refractivity contribution in [2.24, 2.45) is 11.8 Å². The number of carbonyl (C=O) groups excluding carboxylic acids is 2. The molecule has 6 heteroatoms. The maximum Gasteiger partial charge on any atom is 0.333 e. The first-order chi connectivity index (χ1) is 13.5. The number of aromatic nitrogens is 1. The molecule has 0 spiro atoms. The Balaban J connectivity index is 1.37. The number of nitrogens with zero attached hydrogens (tertiary/aromatic N) is 2. The lowest BCUT2D eigenvalue weighted by molar-refractivity contribution is -0.138. The third kappa shape index (κ3) is 3.72.